The van der Waals surface area contributed by atoms with E-state index in [1.165, 1.54) is 11.8 Å². The average molecular weight is 265 g/mol. The lowest BCUT2D eigenvalue weighted by Crippen LogP contribution is -2.55. The highest BCUT2D eigenvalue weighted by molar-refractivity contribution is 7.99. The van der Waals surface area contributed by atoms with E-state index in [1.54, 1.807) is 12.1 Å². The summed E-state index contributed by atoms with van der Waals surface area (Å²) in [7, 11) is 0. The number of hydrogen-bond acceptors (Lipinski definition) is 4. The van der Waals surface area contributed by atoms with Gasteiger partial charge in [0.1, 0.15) is 5.82 Å². The van der Waals surface area contributed by atoms with Gasteiger partial charge in [-0.2, -0.15) is 11.8 Å². The molecular weight excluding hydrogens is 249 g/mol. The highest BCUT2D eigenvalue weighted by Gasteiger charge is 2.44. The van der Waals surface area contributed by atoms with Crippen LogP contribution in [0, 0.1) is 5.82 Å². The molecule has 2 N–H and O–H groups in total. The largest absolute Gasteiger partial charge is 0.369 e. The van der Waals surface area contributed by atoms with Crippen molar-refractivity contribution in [2.24, 2.45) is 10.7 Å². The Hall–Kier alpha value is -1.23. The van der Waals surface area contributed by atoms with Gasteiger partial charge in [-0.05, 0) is 30.7 Å². The van der Waals surface area contributed by atoms with Crippen molar-refractivity contribution in [3.8, 4) is 0 Å². The molecule has 0 aliphatic carbocycles. The number of rotatable bonds is 1. The summed E-state index contributed by atoms with van der Waals surface area (Å²) in [6.45, 7) is 0.681. The molecule has 5 heteroatoms. The maximum Gasteiger partial charge on any atom is 0.196 e. The van der Waals surface area contributed by atoms with Gasteiger partial charge in [0.2, 0.25) is 0 Å². The third kappa shape index (κ3) is 1.77. The number of nitrogens with two attached hydrogens (primary N) is 1. The second kappa shape index (κ2) is 4.46. The van der Waals surface area contributed by atoms with Crippen molar-refractivity contribution in [1.82, 2.24) is 0 Å². The van der Waals surface area contributed by atoms with Crippen LogP contribution in [0.5, 0.6) is 0 Å². The van der Waals surface area contributed by atoms with Crippen LogP contribution in [-0.4, -0.2) is 29.5 Å². The van der Waals surface area contributed by atoms with Gasteiger partial charge in [0.25, 0.3) is 0 Å². The number of anilines is 1. The van der Waals surface area contributed by atoms with Crippen molar-refractivity contribution >= 4 is 23.4 Å². The van der Waals surface area contributed by atoms with Gasteiger partial charge in [-0.3, -0.25) is 4.99 Å². The zero-order chi connectivity index (χ0) is 12.6. The normalized spacial score (nSPS) is 27.6. The van der Waals surface area contributed by atoms with Gasteiger partial charge in [0.15, 0.2) is 5.96 Å². The monoisotopic (exact) mass is 265 g/mol. The molecular formula is C13H16FN3S. The van der Waals surface area contributed by atoms with Crippen LogP contribution in [0.3, 0.4) is 0 Å². The number of aliphatic imine (C=N–C) groups is 1. The molecule has 3 rings (SSSR count). The van der Waals surface area contributed by atoms with Crippen molar-refractivity contribution in [2.45, 2.75) is 18.4 Å². The van der Waals surface area contributed by atoms with Crippen LogP contribution in [0.25, 0.3) is 0 Å². The Kier molecular flexibility index (Phi) is 2.93. The summed E-state index contributed by atoms with van der Waals surface area (Å²) in [5.41, 5.74) is 6.42. The number of halogens is 1. The molecule has 0 radical (unpaired) electrons. The van der Waals surface area contributed by atoms with Crippen LogP contribution in [-0.2, 0) is 0 Å². The van der Waals surface area contributed by atoms with Crippen molar-refractivity contribution in [3.63, 3.8) is 0 Å². The molecule has 1 spiro atoms. The number of para-hydroxylation sites is 1. The highest BCUT2D eigenvalue weighted by atomic mass is 32.2. The molecule has 0 bridgehead atoms. The van der Waals surface area contributed by atoms with E-state index < -0.39 is 0 Å². The lowest BCUT2D eigenvalue weighted by atomic mass is 9.93. The minimum absolute atomic E-state index is 0.116. The average Bonchev–Trinajstić information content (AvgIpc) is 2.69. The summed E-state index contributed by atoms with van der Waals surface area (Å²) in [4.78, 5) is 6.26. The number of nitrogens with zero attached hydrogens (tertiary/aromatic N) is 2. The summed E-state index contributed by atoms with van der Waals surface area (Å²) < 4.78 is 14.0. The van der Waals surface area contributed by atoms with Gasteiger partial charge >= 0.3 is 0 Å². The Balaban J connectivity index is 2.01. The molecule has 3 nitrogen and oxygen atoms in total. The molecule has 1 aromatic carbocycles. The van der Waals surface area contributed by atoms with E-state index in [-0.39, 0.29) is 11.4 Å². The fraction of sp³-hybridized carbons (Fsp3) is 0.462. The van der Waals surface area contributed by atoms with Gasteiger partial charge < -0.3 is 10.6 Å². The van der Waals surface area contributed by atoms with Crippen molar-refractivity contribution in [2.75, 3.05) is 23.0 Å². The summed E-state index contributed by atoms with van der Waals surface area (Å²) in [6, 6.07) is 6.80. The molecule has 0 aromatic heterocycles. The van der Waals surface area contributed by atoms with Gasteiger partial charge in [-0.15, -0.1) is 0 Å². The Bertz CT molecular complexity index is 483. The van der Waals surface area contributed by atoms with Gasteiger partial charge in [-0.1, -0.05) is 12.1 Å². The van der Waals surface area contributed by atoms with E-state index >= 15 is 0 Å². The zero-order valence-corrected chi connectivity index (χ0v) is 10.9. The maximum atomic E-state index is 14.0. The number of hydrogen-bond donors (Lipinski definition) is 1. The van der Waals surface area contributed by atoms with Crippen LogP contribution in [0.4, 0.5) is 10.1 Å². The summed E-state index contributed by atoms with van der Waals surface area (Å²) >= 11 is 1.90. The van der Waals surface area contributed by atoms with E-state index in [2.05, 4.69) is 4.99 Å². The van der Waals surface area contributed by atoms with Crippen LogP contribution in [0.15, 0.2) is 29.3 Å². The molecule has 1 saturated heterocycles. The predicted molar refractivity (Wildman–Crippen MR) is 74.7 cm³/mol. The van der Waals surface area contributed by atoms with Crippen molar-refractivity contribution in [1.29, 1.82) is 0 Å². The Morgan fingerprint density at radius 1 is 1.39 bits per heavy atom. The zero-order valence-electron chi connectivity index (χ0n) is 10.1. The van der Waals surface area contributed by atoms with E-state index in [0.29, 0.717) is 18.2 Å². The summed E-state index contributed by atoms with van der Waals surface area (Å²) in [5, 5.41) is 0. The fourth-order valence-electron chi connectivity index (χ4n) is 2.76. The molecule has 0 amide bonds. The summed E-state index contributed by atoms with van der Waals surface area (Å²) in [5.74, 6) is 2.35. The van der Waals surface area contributed by atoms with Crippen molar-refractivity contribution < 1.29 is 4.39 Å². The van der Waals surface area contributed by atoms with E-state index in [9.17, 15) is 4.39 Å². The quantitative estimate of drug-likeness (QED) is 0.846. The molecule has 0 saturated carbocycles. The summed E-state index contributed by atoms with van der Waals surface area (Å²) in [6.07, 6.45) is 2.16. The Morgan fingerprint density at radius 2 is 2.22 bits per heavy atom. The van der Waals surface area contributed by atoms with Crippen LogP contribution < -0.4 is 10.6 Å². The lowest BCUT2D eigenvalue weighted by Gasteiger charge is -2.41. The molecule has 1 fully saturated rings. The number of thioether (sulfide) groups is 1. The fourth-order valence-corrected chi connectivity index (χ4v) is 4.00. The first-order chi connectivity index (χ1) is 8.73. The van der Waals surface area contributed by atoms with Crippen molar-refractivity contribution in [3.05, 3.63) is 30.1 Å². The van der Waals surface area contributed by atoms with Crippen LogP contribution in [0.2, 0.25) is 0 Å². The Morgan fingerprint density at radius 3 is 2.94 bits per heavy atom. The third-order valence-corrected chi connectivity index (χ3v) is 4.95. The second-order valence-electron chi connectivity index (χ2n) is 4.84. The van der Waals surface area contributed by atoms with E-state index in [0.717, 1.165) is 18.6 Å². The maximum absolute atomic E-state index is 14.0. The van der Waals surface area contributed by atoms with Gasteiger partial charge in [0, 0.05) is 5.75 Å². The lowest BCUT2D eigenvalue weighted by molar-refractivity contribution is 0.452. The molecule has 96 valence electrons. The SMILES string of the molecule is NC1=NCC2(CCCSC2)N1c1ccccc1F. The standard InChI is InChI=1S/C13H16FN3S/c14-10-4-1-2-5-11(10)17-12(15)16-8-13(17)6-3-7-18-9-13/h1-2,4-5H,3,6-9H2,(H2,15,16). The van der Waals surface area contributed by atoms with Crippen LogP contribution >= 0.6 is 11.8 Å². The third-order valence-electron chi connectivity index (χ3n) is 3.63. The number of guanidine groups is 1. The first kappa shape index (κ1) is 11.8. The predicted octanol–water partition coefficient (Wildman–Crippen LogP) is 2.23. The molecule has 2 aliphatic heterocycles. The molecule has 1 aromatic rings. The first-order valence-corrected chi connectivity index (χ1v) is 7.31. The smallest absolute Gasteiger partial charge is 0.196 e. The minimum Gasteiger partial charge on any atom is -0.369 e. The highest BCUT2D eigenvalue weighted by Crippen LogP contribution is 2.39. The Labute approximate surface area is 110 Å². The van der Waals surface area contributed by atoms with Crippen LogP contribution in [0.1, 0.15) is 12.8 Å². The topological polar surface area (TPSA) is 41.6 Å². The second-order valence-corrected chi connectivity index (χ2v) is 5.95. The first-order valence-electron chi connectivity index (χ1n) is 6.15. The molecule has 1 atom stereocenters. The minimum atomic E-state index is -0.229. The molecule has 2 heterocycles. The number of benzene rings is 1. The molecule has 2 aliphatic rings. The van der Waals surface area contributed by atoms with E-state index in [4.69, 9.17) is 5.73 Å². The molecule has 1 unspecified atom stereocenters. The molecule has 18 heavy (non-hydrogen) atoms. The van der Waals surface area contributed by atoms with Gasteiger partial charge in [0.05, 0.1) is 17.8 Å². The van der Waals surface area contributed by atoms with Gasteiger partial charge in [-0.25, -0.2) is 4.39 Å². The van der Waals surface area contributed by atoms with E-state index in [1.807, 2.05) is 22.7 Å².